The summed E-state index contributed by atoms with van der Waals surface area (Å²) in [7, 11) is 2.06. The van der Waals surface area contributed by atoms with Gasteiger partial charge in [0.25, 0.3) is 0 Å². The zero-order valence-electron chi connectivity index (χ0n) is 13.5. The van der Waals surface area contributed by atoms with Crippen molar-refractivity contribution < 1.29 is 8.42 Å². The van der Waals surface area contributed by atoms with Crippen molar-refractivity contribution in [2.24, 2.45) is 13.0 Å². The molecule has 21 heavy (non-hydrogen) atoms. The van der Waals surface area contributed by atoms with E-state index in [1.54, 1.807) is 23.6 Å². The van der Waals surface area contributed by atoms with Crippen LogP contribution in [0.1, 0.15) is 38.3 Å². The molecule has 1 heterocycles. The molecule has 0 radical (unpaired) electrons. The second-order valence-corrected chi connectivity index (χ2v) is 8.16. The summed E-state index contributed by atoms with van der Waals surface area (Å²) in [4.78, 5) is 0.399. The molecular weight excluding hydrogens is 286 g/mol. The van der Waals surface area contributed by atoms with Gasteiger partial charge in [0.2, 0.25) is 10.0 Å². The Hall–Kier alpha value is -0.850. The summed E-state index contributed by atoms with van der Waals surface area (Å²) >= 11 is 0. The fraction of sp³-hybridized carbons (Fsp3) is 0.733. The van der Waals surface area contributed by atoms with Gasteiger partial charge in [0, 0.05) is 38.6 Å². The standard InChI is InChI=1S/C15H27N3O2S/c1-12-7-5-6-8-15(12)18(4)21(19,20)14-9-13(10-16-2)17(3)11-14/h9,11-12,15-16H,5-8,10H2,1-4H3. The van der Waals surface area contributed by atoms with Crippen molar-refractivity contribution in [1.29, 1.82) is 0 Å². The summed E-state index contributed by atoms with van der Waals surface area (Å²) in [6, 6.07) is 1.90. The third-order valence-corrected chi connectivity index (χ3v) is 6.50. The minimum absolute atomic E-state index is 0.122. The zero-order chi connectivity index (χ0) is 15.6. The molecule has 2 unspecified atom stereocenters. The van der Waals surface area contributed by atoms with Gasteiger partial charge in [-0.05, 0) is 31.9 Å². The second kappa shape index (κ2) is 6.50. The van der Waals surface area contributed by atoms with Gasteiger partial charge in [-0.25, -0.2) is 8.42 Å². The zero-order valence-corrected chi connectivity index (χ0v) is 14.3. The van der Waals surface area contributed by atoms with Crippen LogP contribution in [0.25, 0.3) is 0 Å². The summed E-state index contributed by atoms with van der Waals surface area (Å²) in [6.07, 6.45) is 6.13. The molecule has 2 atom stereocenters. The Labute approximate surface area is 128 Å². The lowest BCUT2D eigenvalue weighted by Crippen LogP contribution is -2.42. The molecule has 0 bridgehead atoms. The average molecular weight is 313 g/mol. The number of hydrogen-bond acceptors (Lipinski definition) is 3. The normalized spacial score (nSPS) is 23.7. The third kappa shape index (κ3) is 3.33. The first-order valence-corrected chi connectivity index (χ1v) is 9.09. The lowest BCUT2D eigenvalue weighted by Gasteiger charge is -2.35. The third-order valence-electron chi connectivity index (χ3n) is 4.65. The summed E-state index contributed by atoms with van der Waals surface area (Å²) in [5.41, 5.74) is 0.973. The van der Waals surface area contributed by atoms with E-state index in [-0.39, 0.29) is 6.04 Å². The fourth-order valence-corrected chi connectivity index (χ4v) is 4.83. The molecule has 5 nitrogen and oxygen atoms in total. The molecule has 0 spiro atoms. The van der Waals surface area contributed by atoms with E-state index in [2.05, 4.69) is 12.2 Å². The molecule has 1 aromatic rings. The number of nitrogens with one attached hydrogen (secondary N) is 1. The number of hydrogen-bond donors (Lipinski definition) is 1. The van der Waals surface area contributed by atoms with Crippen molar-refractivity contribution in [3.8, 4) is 0 Å². The van der Waals surface area contributed by atoms with Crippen LogP contribution >= 0.6 is 0 Å². The quantitative estimate of drug-likeness (QED) is 0.904. The Kier molecular flexibility index (Phi) is 5.11. The molecule has 0 amide bonds. The molecule has 1 aliphatic rings. The van der Waals surface area contributed by atoms with E-state index in [1.807, 2.05) is 18.7 Å². The molecule has 0 saturated heterocycles. The Morgan fingerprint density at radius 1 is 1.38 bits per heavy atom. The molecule has 1 aliphatic carbocycles. The summed E-state index contributed by atoms with van der Waals surface area (Å²) in [5.74, 6) is 0.430. The van der Waals surface area contributed by atoms with Crippen molar-refractivity contribution in [3.63, 3.8) is 0 Å². The van der Waals surface area contributed by atoms with Gasteiger partial charge in [0.1, 0.15) is 4.90 Å². The number of sulfonamides is 1. The Bertz CT molecular complexity index is 580. The maximum absolute atomic E-state index is 12.8. The summed E-state index contributed by atoms with van der Waals surface area (Å²) in [6.45, 7) is 2.82. The van der Waals surface area contributed by atoms with Gasteiger partial charge in [-0.1, -0.05) is 19.8 Å². The van der Waals surface area contributed by atoms with Crippen LogP contribution < -0.4 is 5.32 Å². The van der Waals surface area contributed by atoms with Gasteiger partial charge >= 0.3 is 0 Å². The highest BCUT2D eigenvalue weighted by Crippen LogP contribution is 2.31. The topological polar surface area (TPSA) is 54.3 Å². The predicted octanol–water partition coefficient (Wildman–Crippen LogP) is 1.94. The molecule has 1 fully saturated rings. The number of rotatable bonds is 5. The van der Waals surface area contributed by atoms with Crippen molar-refractivity contribution in [1.82, 2.24) is 14.2 Å². The van der Waals surface area contributed by atoms with Gasteiger partial charge in [0.15, 0.2) is 0 Å². The first kappa shape index (κ1) is 16.5. The first-order valence-electron chi connectivity index (χ1n) is 7.65. The summed E-state index contributed by atoms with van der Waals surface area (Å²) in [5, 5.41) is 3.06. The smallest absolute Gasteiger partial charge is 0.244 e. The molecule has 120 valence electrons. The van der Waals surface area contributed by atoms with E-state index in [4.69, 9.17) is 0 Å². The fourth-order valence-electron chi connectivity index (χ4n) is 3.26. The lowest BCUT2D eigenvalue weighted by atomic mass is 9.86. The number of aryl methyl sites for hydroxylation is 1. The van der Waals surface area contributed by atoms with Crippen LogP contribution in [0.4, 0.5) is 0 Å². The molecule has 0 aliphatic heterocycles. The van der Waals surface area contributed by atoms with Crippen LogP contribution in [0.3, 0.4) is 0 Å². The van der Waals surface area contributed by atoms with Crippen LogP contribution in [0.15, 0.2) is 17.2 Å². The van der Waals surface area contributed by atoms with E-state index < -0.39 is 10.0 Å². The van der Waals surface area contributed by atoms with Crippen molar-refractivity contribution in [3.05, 3.63) is 18.0 Å². The van der Waals surface area contributed by atoms with E-state index in [1.165, 1.54) is 6.42 Å². The summed E-state index contributed by atoms with van der Waals surface area (Å²) < 4.78 is 29.1. The Balaban J connectivity index is 2.26. The van der Waals surface area contributed by atoms with Crippen molar-refractivity contribution in [2.75, 3.05) is 14.1 Å². The Morgan fingerprint density at radius 3 is 2.67 bits per heavy atom. The first-order chi connectivity index (χ1) is 9.87. The van der Waals surface area contributed by atoms with Gasteiger partial charge in [0.05, 0.1) is 0 Å². The molecule has 1 N–H and O–H groups in total. The highest BCUT2D eigenvalue weighted by atomic mass is 32.2. The van der Waals surface area contributed by atoms with Crippen LogP contribution in [0.5, 0.6) is 0 Å². The maximum atomic E-state index is 12.8. The van der Waals surface area contributed by atoms with Crippen molar-refractivity contribution >= 4 is 10.0 Å². The highest BCUT2D eigenvalue weighted by molar-refractivity contribution is 7.89. The van der Waals surface area contributed by atoms with Crippen molar-refractivity contribution in [2.45, 2.75) is 50.1 Å². The molecule has 1 aromatic heterocycles. The minimum Gasteiger partial charge on any atom is -0.352 e. The predicted molar refractivity (Wildman–Crippen MR) is 84.5 cm³/mol. The van der Waals surface area contributed by atoms with Crippen LogP contribution in [-0.4, -0.2) is 37.4 Å². The SMILES string of the molecule is CNCc1cc(S(=O)(=O)N(C)C2CCCCC2C)cn1C. The Morgan fingerprint density at radius 2 is 2.05 bits per heavy atom. The second-order valence-electron chi connectivity index (χ2n) is 6.16. The van der Waals surface area contributed by atoms with Crippen LogP contribution in [-0.2, 0) is 23.6 Å². The largest absolute Gasteiger partial charge is 0.352 e. The molecular formula is C15H27N3O2S. The minimum atomic E-state index is -3.41. The van der Waals surface area contributed by atoms with E-state index in [0.29, 0.717) is 17.4 Å². The molecule has 2 rings (SSSR count). The molecule has 1 saturated carbocycles. The monoisotopic (exact) mass is 313 g/mol. The lowest BCUT2D eigenvalue weighted by molar-refractivity contribution is 0.213. The maximum Gasteiger partial charge on any atom is 0.244 e. The highest BCUT2D eigenvalue weighted by Gasteiger charge is 2.33. The van der Waals surface area contributed by atoms with E-state index in [9.17, 15) is 8.42 Å². The van der Waals surface area contributed by atoms with Gasteiger partial charge < -0.3 is 9.88 Å². The number of aromatic nitrogens is 1. The molecule has 6 heteroatoms. The van der Waals surface area contributed by atoms with E-state index in [0.717, 1.165) is 25.0 Å². The van der Waals surface area contributed by atoms with Crippen LogP contribution in [0.2, 0.25) is 0 Å². The molecule has 0 aromatic carbocycles. The van der Waals surface area contributed by atoms with E-state index >= 15 is 0 Å². The van der Waals surface area contributed by atoms with Crippen LogP contribution in [0, 0.1) is 5.92 Å². The average Bonchev–Trinajstić information content (AvgIpc) is 2.81. The van der Waals surface area contributed by atoms with Gasteiger partial charge in [-0.2, -0.15) is 4.31 Å². The van der Waals surface area contributed by atoms with Gasteiger partial charge in [-0.3, -0.25) is 0 Å². The number of nitrogens with zero attached hydrogens (tertiary/aromatic N) is 2. The van der Waals surface area contributed by atoms with Gasteiger partial charge in [-0.15, -0.1) is 0 Å².